The third kappa shape index (κ3) is 3.69. The lowest BCUT2D eigenvalue weighted by Crippen LogP contribution is -2.48. The molecule has 2 rings (SSSR count). The summed E-state index contributed by atoms with van der Waals surface area (Å²) in [6.45, 7) is 6.86. The maximum Gasteiger partial charge on any atom is 0.226 e. The van der Waals surface area contributed by atoms with Crippen molar-refractivity contribution in [3.05, 3.63) is 42.2 Å². The van der Waals surface area contributed by atoms with Crippen LogP contribution in [-0.2, 0) is 11.3 Å². The highest BCUT2D eigenvalue weighted by Gasteiger charge is 2.31. The standard InChI is InChI=1S/C17H24N2O/c1-17(2,3)19(13-15-11-7-8-12-18-15)16(20)14-9-5-4-6-10-14/h4-5,7-8,11-12,14H,6,9-10,13H2,1-3H3/t14-/m0/s1. The molecule has 0 unspecified atom stereocenters. The Kier molecular flexibility index (Phi) is 4.58. The van der Waals surface area contributed by atoms with Crippen molar-refractivity contribution in [3.63, 3.8) is 0 Å². The molecule has 1 amide bonds. The minimum atomic E-state index is -0.185. The van der Waals surface area contributed by atoms with E-state index < -0.39 is 0 Å². The fraction of sp³-hybridized carbons (Fsp3) is 0.529. The molecule has 0 fully saturated rings. The number of amides is 1. The van der Waals surface area contributed by atoms with Gasteiger partial charge in [0.05, 0.1) is 12.2 Å². The van der Waals surface area contributed by atoms with Gasteiger partial charge in [-0.05, 0) is 52.2 Å². The van der Waals surface area contributed by atoms with Crippen LogP contribution in [0.25, 0.3) is 0 Å². The highest BCUT2D eigenvalue weighted by Crippen LogP contribution is 2.26. The first kappa shape index (κ1) is 14.8. The van der Waals surface area contributed by atoms with Gasteiger partial charge in [-0.25, -0.2) is 0 Å². The van der Waals surface area contributed by atoms with E-state index in [2.05, 4.69) is 37.9 Å². The number of nitrogens with zero attached hydrogens (tertiary/aromatic N) is 2. The minimum Gasteiger partial charge on any atom is -0.332 e. The van der Waals surface area contributed by atoms with E-state index in [4.69, 9.17) is 0 Å². The highest BCUT2D eigenvalue weighted by atomic mass is 16.2. The van der Waals surface area contributed by atoms with Crippen molar-refractivity contribution in [2.24, 2.45) is 5.92 Å². The van der Waals surface area contributed by atoms with Crippen LogP contribution in [0.4, 0.5) is 0 Å². The predicted molar refractivity (Wildman–Crippen MR) is 81.0 cm³/mol. The van der Waals surface area contributed by atoms with E-state index in [0.29, 0.717) is 6.54 Å². The summed E-state index contributed by atoms with van der Waals surface area (Å²) in [7, 11) is 0. The molecule has 0 saturated heterocycles. The molecule has 1 aliphatic carbocycles. The van der Waals surface area contributed by atoms with Crippen LogP contribution in [0.3, 0.4) is 0 Å². The van der Waals surface area contributed by atoms with Gasteiger partial charge in [0.15, 0.2) is 0 Å². The quantitative estimate of drug-likeness (QED) is 0.788. The molecule has 108 valence electrons. The number of rotatable bonds is 3. The van der Waals surface area contributed by atoms with Gasteiger partial charge in [-0.1, -0.05) is 18.2 Å². The Hall–Kier alpha value is -1.64. The van der Waals surface area contributed by atoms with Crippen molar-refractivity contribution in [3.8, 4) is 0 Å². The fourth-order valence-electron chi connectivity index (χ4n) is 2.54. The summed E-state index contributed by atoms with van der Waals surface area (Å²) in [5.41, 5.74) is 0.762. The van der Waals surface area contributed by atoms with Crippen LogP contribution in [0.15, 0.2) is 36.5 Å². The Labute approximate surface area is 121 Å². The van der Waals surface area contributed by atoms with Crippen molar-refractivity contribution in [1.82, 2.24) is 9.88 Å². The van der Waals surface area contributed by atoms with Crippen LogP contribution in [0.5, 0.6) is 0 Å². The first-order chi connectivity index (χ1) is 9.48. The molecular weight excluding hydrogens is 248 g/mol. The molecule has 3 heteroatoms. The van der Waals surface area contributed by atoms with Crippen molar-refractivity contribution in [2.45, 2.75) is 52.1 Å². The van der Waals surface area contributed by atoms with Gasteiger partial charge in [-0.2, -0.15) is 0 Å². The van der Waals surface area contributed by atoms with Crippen LogP contribution in [0, 0.1) is 5.92 Å². The highest BCUT2D eigenvalue weighted by molar-refractivity contribution is 5.79. The van der Waals surface area contributed by atoms with E-state index >= 15 is 0 Å². The Morgan fingerprint density at radius 1 is 1.35 bits per heavy atom. The third-order valence-corrected chi connectivity index (χ3v) is 3.74. The fourth-order valence-corrected chi connectivity index (χ4v) is 2.54. The van der Waals surface area contributed by atoms with E-state index in [1.165, 1.54) is 0 Å². The minimum absolute atomic E-state index is 0.128. The molecule has 20 heavy (non-hydrogen) atoms. The van der Waals surface area contributed by atoms with Crippen molar-refractivity contribution < 1.29 is 4.79 Å². The molecule has 0 bridgehead atoms. The van der Waals surface area contributed by atoms with Crippen molar-refractivity contribution in [2.75, 3.05) is 0 Å². The first-order valence-electron chi connectivity index (χ1n) is 7.35. The summed E-state index contributed by atoms with van der Waals surface area (Å²) in [4.78, 5) is 19.1. The molecule has 0 saturated carbocycles. The zero-order chi connectivity index (χ0) is 14.6. The van der Waals surface area contributed by atoms with Crippen molar-refractivity contribution >= 4 is 5.91 Å². The average Bonchev–Trinajstić information content (AvgIpc) is 2.45. The second-order valence-electron chi connectivity index (χ2n) is 6.40. The van der Waals surface area contributed by atoms with Gasteiger partial charge in [0, 0.05) is 17.7 Å². The lowest BCUT2D eigenvalue weighted by molar-refractivity contribution is -0.141. The summed E-state index contributed by atoms with van der Waals surface area (Å²) in [5.74, 6) is 0.385. The van der Waals surface area contributed by atoms with Crippen LogP contribution < -0.4 is 0 Å². The molecule has 0 N–H and O–H groups in total. The van der Waals surface area contributed by atoms with E-state index in [-0.39, 0.29) is 17.4 Å². The summed E-state index contributed by atoms with van der Waals surface area (Å²) in [6, 6.07) is 5.85. The number of hydrogen-bond donors (Lipinski definition) is 0. The molecule has 1 aromatic rings. The Morgan fingerprint density at radius 3 is 2.70 bits per heavy atom. The Morgan fingerprint density at radius 2 is 2.15 bits per heavy atom. The smallest absolute Gasteiger partial charge is 0.226 e. The SMILES string of the molecule is CC(C)(C)N(Cc1ccccn1)C(=O)[C@H]1CC=CCC1. The van der Waals surface area contributed by atoms with Crippen molar-refractivity contribution in [1.29, 1.82) is 0 Å². The molecular formula is C17H24N2O. The number of carbonyl (C=O) groups excluding carboxylic acids is 1. The van der Waals surface area contributed by atoms with Gasteiger partial charge in [0.25, 0.3) is 0 Å². The van der Waals surface area contributed by atoms with Crippen LogP contribution in [-0.4, -0.2) is 21.3 Å². The van der Waals surface area contributed by atoms with Crippen LogP contribution >= 0.6 is 0 Å². The van der Waals surface area contributed by atoms with E-state index in [1.807, 2.05) is 23.1 Å². The number of hydrogen-bond acceptors (Lipinski definition) is 2. The topological polar surface area (TPSA) is 33.2 Å². The molecule has 0 spiro atoms. The van der Waals surface area contributed by atoms with Gasteiger partial charge >= 0.3 is 0 Å². The Bertz CT molecular complexity index is 474. The van der Waals surface area contributed by atoms with Gasteiger partial charge < -0.3 is 4.90 Å². The van der Waals surface area contributed by atoms with Gasteiger partial charge in [0.2, 0.25) is 5.91 Å². The average molecular weight is 272 g/mol. The third-order valence-electron chi connectivity index (χ3n) is 3.74. The molecule has 1 aliphatic rings. The monoisotopic (exact) mass is 272 g/mol. The summed E-state index contributed by atoms with van der Waals surface area (Å²) < 4.78 is 0. The van der Waals surface area contributed by atoms with Gasteiger partial charge in [-0.3, -0.25) is 9.78 Å². The molecule has 1 atom stereocenters. The second-order valence-corrected chi connectivity index (χ2v) is 6.40. The lowest BCUT2D eigenvalue weighted by Gasteiger charge is -2.38. The second kappa shape index (κ2) is 6.21. The molecule has 0 aliphatic heterocycles. The number of aromatic nitrogens is 1. The lowest BCUT2D eigenvalue weighted by atomic mass is 9.91. The predicted octanol–water partition coefficient (Wildman–Crippen LogP) is 3.57. The summed E-state index contributed by atoms with van der Waals surface area (Å²) in [5, 5.41) is 0. The maximum absolute atomic E-state index is 12.8. The van der Waals surface area contributed by atoms with Crippen LogP contribution in [0.1, 0.15) is 45.7 Å². The largest absolute Gasteiger partial charge is 0.332 e. The van der Waals surface area contributed by atoms with E-state index in [9.17, 15) is 4.79 Å². The van der Waals surface area contributed by atoms with E-state index in [0.717, 1.165) is 25.0 Å². The van der Waals surface area contributed by atoms with Crippen LogP contribution in [0.2, 0.25) is 0 Å². The molecule has 3 nitrogen and oxygen atoms in total. The molecule has 0 aromatic carbocycles. The zero-order valence-corrected chi connectivity index (χ0v) is 12.7. The van der Waals surface area contributed by atoms with Gasteiger partial charge in [-0.15, -0.1) is 0 Å². The first-order valence-corrected chi connectivity index (χ1v) is 7.35. The van der Waals surface area contributed by atoms with Gasteiger partial charge in [0.1, 0.15) is 0 Å². The van der Waals surface area contributed by atoms with E-state index in [1.54, 1.807) is 6.20 Å². The summed E-state index contributed by atoms with van der Waals surface area (Å²) in [6.07, 6.45) is 8.93. The zero-order valence-electron chi connectivity index (χ0n) is 12.7. The number of pyridine rings is 1. The molecule has 0 radical (unpaired) electrons. The number of allylic oxidation sites excluding steroid dienone is 2. The maximum atomic E-state index is 12.8. The number of carbonyl (C=O) groups is 1. The normalized spacial score (nSPS) is 18.9. The molecule has 1 heterocycles. The Balaban J connectivity index is 2.15. The summed E-state index contributed by atoms with van der Waals surface area (Å²) >= 11 is 0. The molecule has 1 aromatic heterocycles.